The lowest BCUT2D eigenvalue weighted by molar-refractivity contribution is 0.302. The quantitative estimate of drug-likeness (QED) is 0.540. The third-order valence-electron chi connectivity index (χ3n) is 4.41. The summed E-state index contributed by atoms with van der Waals surface area (Å²) < 4.78 is 0. The molecule has 0 radical (unpaired) electrons. The van der Waals surface area contributed by atoms with Crippen LogP contribution in [-0.4, -0.2) is 21.8 Å². The number of hydrogen-bond donors (Lipinski definition) is 1. The van der Waals surface area contributed by atoms with Crippen LogP contribution >= 0.6 is 23.1 Å². The smallest absolute Gasteiger partial charge is 0.190 e. The van der Waals surface area contributed by atoms with Gasteiger partial charge in [0.1, 0.15) is 10.6 Å². The van der Waals surface area contributed by atoms with E-state index in [-0.39, 0.29) is 11.0 Å². The Hall–Kier alpha value is -0.810. The topological polar surface area (TPSA) is 37.8 Å². The first-order valence-corrected chi connectivity index (χ1v) is 10.9. The SMILES string of the molecule is CSc1nc(NC(C)(C)CC(C)(C)C)c2c3c(sc2n1)CCCC3. The summed E-state index contributed by atoms with van der Waals surface area (Å²) in [6.45, 7) is 11.5. The van der Waals surface area contributed by atoms with Crippen LogP contribution in [0.3, 0.4) is 0 Å². The van der Waals surface area contributed by atoms with Crippen molar-refractivity contribution >= 4 is 39.1 Å². The molecule has 0 unspecified atom stereocenters. The molecule has 0 spiro atoms. The Morgan fingerprint density at radius 1 is 1.08 bits per heavy atom. The minimum atomic E-state index is -0.00129. The molecule has 0 aliphatic heterocycles. The van der Waals surface area contributed by atoms with Crippen molar-refractivity contribution in [2.45, 2.75) is 77.4 Å². The van der Waals surface area contributed by atoms with Gasteiger partial charge in [0.05, 0.1) is 5.39 Å². The summed E-state index contributed by atoms with van der Waals surface area (Å²) in [7, 11) is 0. The van der Waals surface area contributed by atoms with Gasteiger partial charge in [-0.05, 0) is 63.2 Å². The van der Waals surface area contributed by atoms with Crippen LogP contribution in [0.1, 0.15) is 64.3 Å². The van der Waals surface area contributed by atoms with E-state index in [0.29, 0.717) is 0 Å². The minimum absolute atomic E-state index is 0.00129. The summed E-state index contributed by atoms with van der Waals surface area (Å²) in [6, 6.07) is 0. The van der Waals surface area contributed by atoms with E-state index in [1.807, 2.05) is 11.3 Å². The van der Waals surface area contributed by atoms with Gasteiger partial charge in [-0.1, -0.05) is 32.5 Å². The van der Waals surface area contributed by atoms with Gasteiger partial charge in [0.25, 0.3) is 0 Å². The van der Waals surface area contributed by atoms with Crippen LogP contribution in [0.2, 0.25) is 0 Å². The van der Waals surface area contributed by atoms with Gasteiger partial charge in [-0.25, -0.2) is 9.97 Å². The molecule has 2 heterocycles. The molecule has 0 fully saturated rings. The van der Waals surface area contributed by atoms with Crippen LogP contribution in [0.5, 0.6) is 0 Å². The van der Waals surface area contributed by atoms with Gasteiger partial charge in [-0.15, -0.1) is 11.3 Å². The fourth-order valence-corrected chi connectivity index (χ4v) is 5.69. The molecule has 2 aromatic rings. The van der Waals surface area contributed by atoms with Gasteiger partial charge in [0, 0.05) is 10.4 Å². The highest BCUT2D eigenvalue weighted by Crippen LogP contribution is 2.40. The monoisotopic (exact) mass is 363 g/mol. The van der Waals surface area contributed by atoms with E-state index in [9.17, 15) is 0 Å². The lowest BCUT2D eigenvalue weighted by atomic mass is 9.81. The first kappa shape index (κ1) is 18.0. The maximum Gasteiger partial charge on any atom is 0.190 e. The van der Waals surface area contributed by atoms with E-state index in [1.165, 1.54) is 41.5 Å². The first-order chi connectivity index (χ1) is 11.2. The van der Waals surface area contributed by atoms with E-state index >= 15 is 0 Å². The summed E-state index contributed by atoms with van der Waals surface area (Å²) in [6.07, 6.45) is 8.11. The highest BCUT2D eigenvalue weighted by molar-refractivity contribution is 7.98. The average molecular weight is 364 g/mol. The summed E-state index contributed by atoms with van der Waals surface area (Å²) in [5.74, 6) is 1.04. The number of aromatic nitrogens is 2. The summed E-state index contributed by atoms with van der Waals surface area (Å²) in [4.78, 5) is 12.3. The van der Waals surface area contributed by atoms with E-state index < -0.39 is 0 Å². The minimum Gasteiger partial charge on any atom is -0.364 e. The molecule has 24 heavy (non-hydrogen) atoms. The number of anilines is 1. The second kappa shape index (κ2) is 6.49. The Bertz CT molecular complexity index is 741. The van der Waals surface area contributed by atoms with E-state index in [1.54, 1.807) is 11.8 Å². The molecule has 3 nitrogen and oxygen atoms in total. The van der Waals surface area contributed by atoms with Crippen LogP contribution < -0.4 is 5.32 Å². The second-order valence-corrected chi connectivity index (χ2v) is 10.6. The summed E-state index contributed by atoms with van der Waals surface area (Å²) >= 11 is 3.51. The number of thioether (sulfide) groups is 1. The highest BCUT2D eigenvalue weighted by atomic mass is 32.2. The summed E-state index contributed by atoms with van der Waals surface area (Å²) in [5.41, 5.74) is 1.78. The van der Waals surface area contributed by atoms with Gasteiger partial charge in [0.2, 0.25) is 0 Å². The Balaban J connectivity index is 2.07. The lowest BCUT2D eigenvalue weighted by Crippen LogP contribution is -2.36. The zero-order valence-corrected chi connectivity index (χ0v) is 17.4. The van der Waals surface area contributed by atoms with Crippen molar-refractivity contribution in [1.29, 1.82) is 0 Å². The number of hydrogen-bond acceptors (Lipinski definition) is 5. The number of nitrogens with one attached hydrogen (secondary N) is 1. The molecule has 3 rings (SSSR count). The molecule has 132 valence electrons. The van der Waals surface area contributed by atoms with Gasteiger partial charge < -0.3 is 5.32 Å². The van der Waals surface area contributed by atoms with Gasteiger partial charge in [-0.3, -0.25) is 0 Å². The van der Waals surface area contributed by atoms with Gasteiger partial charge in [-0.2, -0.15) is 0 Å². The zero-order chi connectivity index (χ0) is 17.5. The predicted octanol–water partition coefficient (Wildman–Crippen LogP) is 5.92. The molecule has 1 N–H and O–H groups in total. The van der Waals surface area contributed by atoms with Gasteiger partial charge >= 0.3 is 0 Å². The molecule has 0 saturated heterocycles. The summed E-state index contributed by atoms with van der Waals surface area (Å²) in [5, 5.41) is 5.93. The molecule has 0 saturated carbocycles. The lowest BCUT2D eigenvalue weighted by Gasteiger charge is -2.34. The van der Waals surface area contributed by atoms with Crippen LogP contribution in [0.15, 0.2) is 5.16 Å². The number of aryl methyl sites for hydroxylation is 2. The molecule has 0 aromatic carbocycles. The molecule has 0 amide bonds. The van der Waals surface area contributed by atoms with E-state index in [0.717, 1.165) is 22.2 Å². The van der Waals surface area contributed by atoms with Crippen molar-refractivity contribution in [1.82, 2.24) is 9.97 Å². The number of thiophene rings is 1. The predicted molar refractivity (Wildman–Crippen MR) is 108 cm³/mol. The molecule has 2 aromatic heterocycles. The Morgan fingerprint density at radius 2 is 1.79 bits per heavy atom. The van der Waals surface area contributed by atoms with Crippen molar-refractivity contribution in [3.05, 3.63) is 10.4 Å². The Kier molecular flexibility index (Phi) is 4.86. The van der Waals surface area contributed by atoms with Crippen LogP contribution in [0.4, 0.5) is 5.82 Å². The van der Waals surface area contributed by atoms with E-state index in [2.05, 4.69) is 46.2 Å². The van der Waals surface area contributed by atoms with Crippen molar-refractivity contribution < 1.29 is 0 Å². The van der Waals surface area contributed by atoms with Crippen LogP contribution in [0, 0.1) is 5.41 Å². The molecule has 5 heteroatoms. The van der Waals surface area contributed by atoms with E-state index in [4.69, 9.17) is 9.97 Å². The Labute approximate surface area is 154 Å². The zero-order valence-electron chi connectivity index (χ0n) is 15.7. The van der Waals surface area contributed by atoms with Crippen LogP contribution in [-0.2, 0) is 12.8 Å². The fraction of sp³-hybridized carbons (Fsp3) is 0.684. The third kappa shape index (κ3) is 3.88. The molecular formula is C19H29N3S2. The van der Waals surface area contributed by atoms with Crippen molar-refractivity contribution in [3.8, 4) is 0 Å². The molecule has 1 aliphatic rings. The van der Waals surface area contributed by atoms with Crippen molar-refractivity contribution in [3.63, 3.8) is 0 Å². The van der Waals surface area contributed by atoms with Crippen molar-refractivity contribution in [2.75, 3.05) is 11.6 Å². The van der Waals surface area contributed by atoms with Gasteiger partial charge in [0.15, 0.2) is 5.16 Å². The number of fused-ring (bicyclic) bond motifs is 3. The standard InChI is InChI=1S/C19H29N3S2/c1-18(2,3)11-19(4,5)22-15-14-12-9-7-8-10-13(12)24-16(14)21-17(20-15)23-6/h7-11H2,1-6H3,(H,20,21,22). The normalized spacial score (nSPS) is 15.6. The highest BCUT2D eigenvalue weighted by Gasteiger charge is 2.28. The first-order valence-electron chi connectivity index (χ1n) is 8.83. The maximum atomic E-state index is 4.86. The van der Waals surface area contributed by atoms with Crippen LogP contribution in [0.25, 0.3) is 10.2 Å². The number of nitrogens with zero attached hydrogens (tertiary/aromatic N) is 2. The number of rotatable bonds is 4. The second-order valence-electron chi connectivity index (χ2n) is 8.70. The maximum absolute atomic E-state index is 4.86. The third-order valence-corrected chi connectivity index (χ3v) is 6.14. The Morgan fingerprint density at radius 3 is 2.46 bits per heavy atom. The van der Waals surface area contributed by atoms with Crippen molar-refractivity contribution in [2.24, 2.45) is 5.41 Å². The molecular weight excluding hydrogens is 334 g/mol. The largest absolute Gasteiger partial charge is 0.364 e. The fourth-order valence-electron chi connectivity index (χ4n) is 4.01. The molecule has 1 aliphatic carbocycles. The molecule has 0 bridgehead atoms. The average Bonchev–Trinajstić information content (AvgIpc) is 2.82. The molecule has 0 atom stereocenters.